The lowest BCUT2D eigenvalue weighted by molar-refractivity contribution is -0.133. The minimum absolute atomic E-state index is 0.251. The lowest BCUT2D eigenvalue weighted by Gasteiger charge is -2.17. The molecule has 37 heavy (non-hydrogen) atoms. The summed E-state index contributed by atoms with van der Waals surface area (Å²) in [6.07, 6.45) is 3.60. The molecule has 3 aromatic carbocycles. The Morgan fingerprint density at radius 1 is 1.03 bits per heavy atom. The van der Waals surface area contributed by atoms with Crippen molar-refractivity contribution < 1.29 is 19.2 Å². The molecule has 190 valence electrons. The van der Waals surface area contributed by atoms with Crippen molar-refractivity contribution in [3.05, 3.63) is 83.9 Å². The van der Waals surface area contributed by atoms with Crippen LogP contribution in [-0.2, 0) is 20.8 Å². The summed E-state index contributed by atoms with van der Waals surface area (Å²) >= 11 is 1.72. The number of amides is 1. The van der Waals surface area contributed by atoms with E-state index in [9.17, 15) is 9.59 Å². The van der Waals surface area contributed by atoms with Crippen LogP contribution in [0.5, 0.6) is 5.75 Å². The van der Waals surface area contributed by atoms with Gasteiger partial charge in [0.25, 0.3) is 0 Å². The van der Waals surface area contributed by atoms with Crippen LogP contribution in [0, 0.1) is 0 Å². The molecule has 1 aromatic heterocycles. The normalized spacial score (nSPS) is 13.6. The summed E-state index contributed by atoms with van der Waals surface area (Å²) in [6.45, 7) is 4.04. The lowest BCUT2D eigenvalue weighted by atomic mass is 9.98. The third-order valence-corrected chi connectivity index (χ3v) is 7.97. The Labute approximate surface area is 221 Å². The predicted octanol–water partition coefficient (Wildman–Crippen LogP) is 5.73. The molecular weight excluding hydrogens is 484 g/mol. The van der Waals surface area contributed by atoms with Crippen LogP contribution in [0.25, 0.3) is 20.5 Å². The number of anilines is 1. The minimum Gasteiger partial charge on any atom is -0.492 e. The fourth-order valence-electron chi connectivity index (χ4n) is 4.86. The monoisotopic (exact) mass is 514 g/mol. The van der Waals surface area contributed by atoms with Gasteiger partial charge in [-0.15, -0.1) is 11.3 Å². The summed E-state index contributed by atoms with van der Waals surface area (Å²) < 4.78 is 7.19. The van der Waals surface area contributed by atoms with E-state index in [2.05, 4.69) is 47.4 Å². The summed E-state index contributed by atoms with van der Waals surface area (Å²) in [5.41, 5.74) is 3.90. The van der Waals surface area contributed by atoms with E-state index in [1.807, 2.05) is 24.3 Å². The van der Waals surface area contributed by atoms with E-state index in [0.29, 0.717) is 12.3 Å². The average Bonchev–Trinajstić information content (AvgIpc) is 3.58. The van der Waals surface area contributed by atoms with Crippen molar-refractivity contribution in [3.63, 3.8) is 0 Å². The molecule has 1 saturated heterocycles. The quantitative estimate of drug-likeness (QED) is 0.154. The molecular formula is C30H30N2O4S. The number of hydrogen-bond acceptors (Lipinski definition) is 6. The van der Waals surface area contributed by atoms with Crippen molar-refractivity contribution in [1.29, 1.82) is 0 Å². The van der Waals surface area contributed by atoms with Crippen LogP contribution in [-0.4, -0.2) is 50.4 Å². The van der Waals surface area contributed by atoms with Crippen molar-refractivity contribution >= 4 is 39.3 Å². The van der Waals surface area contributed by atoms with E-state index in [-0.39, 0.29) is 6.29 Å². The molecule has 1 aliphatic rings. The van der Waals surface area contributed by atoms with Gasteiger partial charge in [0.05, 0.1) is 12.8 Å². The number of fused-ring (bicyclic) bond motifs is 1. The molecule has 0 N–H and O–H groups in total. The molecule has 0 radical (unpaired) electrons. The molecule has 0 atom stereocenters. The maximum Gasteiger partial charge on any atom is 0.314 e. The summed E-state index contributed by atoms with van der Waals surface area (Å²) in [5.74, 6) is 0.143. The van der Waals surface area contributed by atoms with E-state index >= 15 is 0 Å². The Bertz CT molecular complexity index is 1380. The molecule has 1 amide bonds. The number of likely N-dealkylation sites (tertiary alicyclic amines) is 1. The van der Waals surface area contributed by atoms with Gasteiger partial charge in [0.2, 0.25) is 6.29 Å². The number of rotatable bonds is 10. The molecule has 1 fully saturated rings. The second kappa shape index (κ2) is 11.7. The smallest absolute Gasteiger partial charge is 0.314 e. The van der Waals surface area contributed by atoms with Gasteiger partial charge >= 0.3 is 5.91 Å². The summed E-state index contributed by atoms with van der Waals surface area (Å²) in [6, 6.07) is 24.3. The molecule has 0 unspecified atom stereocenters. The topological polar surface area (TPSA) is 59.1 Å². The standard InChI is InChI=1S/C30H30N2O4S/c1-35-32(29(34)21-33)24-8-6-7-23(20-24)30-27(26-9-2-3-10-28(26)37-30)19-22-11-13-25(14-12-22)36-18-17-31-15-4-5-16-31/h2-3,6-14,20-21H,4-5,15-19H2,1H3. The maximum absolute atomic E-state index is 12.0. The number of hydroxylamine groups is 1. The highest BCUT2D eigenvalue weighted by molar-refractivity contribution is 7.22. The van der Waals surface area contributed by atoms with Gasteiger partial charge in [-0.2, -0.15) is 5.06 Å². The molecule has 5 rings (SSSR count). The minimum atomic E-state index is -0.751. The third-order valence-electron chi connectivity index (χ3n) is 6.70. The highest BCUT2D eigenvalue weighted by Gasteiger charge is 2.18. The van der Waals surface area contributed by atoms with Crippen LogP contribution >= 0.6 is 11.3 Å². The van der Waals surface area contributed by atoms with E-state index in [1.54, 1.807) is 17.4 Å². The lowest BCUT2D eigenvalue weighted by Crippen LogP contribution is -2.30. The molecule has 0 saturated carbocycles. The number of ether oxygens (including phenoxy) is 1. The van der Waals surface area contributed by atoms with Crippen molar-refractivity contribution in [3.8, 4) is 16.2 Å². The highest BCUT2D eigenvalue weighted by atomic mass is 32.1. The second-order valence-electron chi connectivity index (χ2n) is 9.11. The Kier molecular flexibility index (Phi) is 7.94. The first kappa shape index (κ1) is 25.1. The van der Waals surface area contributed by atoms with Crippen molar-refractivity contribution in [1.82, 2.24) is 4.90 Å². The fraction of sp³-hybridized carbons (Fsp3) is 0.267. The predicted molar refractivity (Wildman–Crippen MR) is 148 cm³/mol. The van der Waals surface area contributed by atoms with E-state index < -0.39 is 5.91 Å². The molecule has 0 spiro atoms. The van der Waals surface area contributed by atoms with Gasteiger partial charge in [0.15, 0.2) is 0 Å². The Morgan fingerprint density at radius 2 is 1.81 bits per heavy atom. The number of aldehydes is 1. The second-order valence-corrected chi connectivity index (χ2v) is 10.2. The first-order valence-corrected chi connectivity index (χ1v) is 13.4. The molecule has 4 aromatic rings. The van der Waals surface area contributed by atoms with Crippen LogP contribution in [0.4, 0.5) is 5.69 Å². The fourth-order valence-corrected chi connectivity index (χ4v) is 6.08. The van der Waals surface area contributed by atoms with Crippen molar-refractivity contribution in [2.75, 3.05) is 38.4 Å². The summed E-state index contributed by atoms with van der Waals surface area (Å²) in [4.78, 5) is 31.8. The van der Waals surface area contributed by atoms with Crippen molar-refractivity contribution in [2.45, 2.75) is 19.3 Å². The van der Waals surface area contributed by atoms with E-state index in [4.69, 9.17) is 9.57 Å². The number of carbonyl (C=O) groups excluding carboxylic acids is 2. The first-order chi connectivity index (χ1) is 18.2. The third kappa shape index (κ3) is 5.74. The number of carbonyl (C=O) groups is 2. The van der Waals surface area contributed by atoms with Gasteiger partial charge in [0, 0.05) is 16.1 Å². The van der Waals surface area contributed by atoms with E-state index in [0.717, 1.165) is 34.2 Å². The summed E-state index contributed by atoms with van der Waals surface area (Å²) in [7, 11) is 1.37. The van der Waals surface area contributed by atoms with Gasteiger partial charge < -0.3 is 4.74 Å². The number of nitrogens with zero attached hydrogens (tertiary/aromatic N) is 2. The SMILES string of the molecule is CON(C(=O)C=O)c1cccc(-c2sc3ccccc3c2Cc2ccc(OCCN3CCCC3)cc2)c1. The van der Waals surface area contributed by atoms with E-state index in [1.165, 1.54) is 54.3 Å². The zero-order valence-electron chi connectivity index (χ0n) is 20.9. The maximum atomic E-state index is 12.0. The zero-order valence-corrected chi connectivity index (χ0v) is 21.7. The van der Waals surface area contributed by atoms with Crippen LogP contribution in [0.15, 0.2) is 72.8 Å². The molecule has 7 heteroatoms. The largest absolute Gasteiger partial charge is 0.492 e. The van der Waals surface area contributed by atoms with Crippen LogP contribution in [0.3, 0.4) is 0 Å². The number of hydrogen-bond donors (Lipinski definition) is 0. The van der Waals surface area contributed by atoms with Crippen LogP contribution < -0.4 is 9.80 Å². The first-order valence-electron chi connectivity index (χ1n) is 12.5. The number of benzene rings is 3. The Hall–Kier alpha value is -3.52. The highest BCUT2D eigenvalue weighted by Crippen LogP contribution is 2.41. The Balaban J connectivity index is 1.39. The van der Waals surface area contributed by atoms with Crippen LogP contribution in [0.1, 0.15) is 24.0 Å². The molecule has 0 aliphatic carbocycles. The average molecular weight is 515 g/mol. The van der Waals surface area contributed by atoms with Gasteiger partial charge in [-0.1, -0.05) is 42.5 Å². The summed E-state index contributed by atoms with van der Waals surface area (Å²) in [5, 5.41) is 2.22. The van der Waals surface area contributed by atoms with Crippen LogP contribution in [0.2, 0.25) is 0 Å². The molecule has 0 bridgehead atoms. The van der Waals surface area contributed by atoms with Gasteiger partial charge in [0.1, 0.15) is 12.4 Å². The zero-order chi connectivity index (χ0) is 25.6. The van der Waals surface area contributed by atoms with Gasteiger partial charge in [-0.05, 0) is 84.8 Å². The number of thiophene rings is 1. The Morgan fingerprint density at radius 3 is 2.57 bits per heavy atom. The van der Waals surface area contributed by atoms with Crippen molar-refractivity contribution in [2.24, 2.45) is 0 Å². The molecule has 6 nitrogen and oxygen atoms in total. The van der Waals surface area contributed by atoms with Gasteiger partial charge in [-0.25, -0.2) is 0 Å². The molecule has 2 heterocycles. The molecule has 1 aliphatic heterocycles. The van der Waals surface area contributed by atoms with Gasteiger partial charge in [-0.3, -0.25) is 19.3 Å².